The van der Waals surface area contributed by atoms with Crippen LogP contribution in [0.25, 0.3) is 5.65 Å². The topological polar surface area (TPSA) is 81.7 Å². The molecule has 0 aliphatic carbocycles. The van der Waals surface area contributed by atoms with Crippen molar-refractivity contribution in [3.8, 4) is 0 Å². The summed E-state index contributed by atoms with van der Waals surface area (Å²) in [6, 6.07) is 3.57. The first-order valence-corrected chi connectivity index (χ1v) is 7.69. The second kappa shape index (κ2) is 6.46. The monoisotopic (exact) mass is 302 g/mol. The van der Waals surface area contributed by atoms with Crippen LogP contribution in [0.5, 0.6) is 0 Å². The lowest BCUT2D eigenvalue weighted by Crippen LogP contribution is -2.46. The van der Waals surface area contributed by atoms with Gasteiger partial charge in [-0.05, 0) is 43.4 Å². The van der Waals surface area contributed by atoms with E-state index in [1.54, 1.807) is 0 Å². The molecule has 1 saturated heterocycles. The number of hydrogen-bond donors (Lipinski definition) is 2. The lowest BCUT2D eigenvalue weighted by Gasteiger charge is -2.26. The number of carbonyl (C=O) groups is 1. The summed E-state index contributed by atoms with van der Waals surface area (Å²) in [6.07, 6.45) is 5.59. The van der Waals surface area contributed by atoms with Crippen LogP contribution >= 0.6 is 0 Å². The Hall–Kier alpha value is -1.92. The summed E-state index contributed by atoms with van der Waals surface area (Å²) in [5.74, 6) is 0.0950. The third-order valence-electron chi connectivity index (χ3n) is 4.19. The van der Waals surface area contributed by atoms with Crippen LogP contribution in [0.2, 0.25) is 0 Å². The zero-order chi connectivity index (χ0) is 15.5. The molecule has 22 heavy (non-hydrogen) atoms. The Labute approximate surface area is 129 Å². The summed E-state index contributed by atoms with van der Waals surface area (Å²) in [7, 11) is 0. The van der Waals surface area contributed by atoms with E-state index >= 15 is 0 Å². The lowest BCUT2D eigenvalue weighted by atomic mass is 9.92. The molecule has 2 aromatic heterocycles. The molecule has 3 rings (SSSR count). The van der Waals surface area contributed by atoms with Gasteiger partial charge in [-0.15, -0.1) is 0 Å². The Morgan fingerprint density at radius 1 is 1.55 bits per heavy atom. The van der Waals surface area contributed by atoms with Crippen molar-refractivity contribution in [2.45, 2.75) is 32.4 Å². The van der Waals surface area contributed by atoms with E-state index in [1.165, 1.54) is 0 Å². The van der Waals surface area contributed by atoms with Crippen LogP contribution in [0.4, 0.5) is 0 Å². The predicted molar refractivity (Wildman–Crippen MR) is 83.3 cm³/mol. The molecule has 1 unspecified atom stereocenters. The summed E-state index contributed by atoms with van der Waals surface area (Å²) >= 11 is 0. The zero-order valence-electron chi connectivity index (χ0n) is 12.8. The number of aryl methyl sites for hydroxylation is 1. The molecule has 1 amide bonds. The van der Waals surface area contributed by atoms with Crippen LogP contribution in [0.1, 0.15) is 24.1 Å². The molecule has 6 nitrogen and oxygen atoms in total. The first kappa shape index (κ1) is 15.0. The van der Waals surface area contributed by atoms with E-state index < -0.39 is 6.04 Å². The summed E-state index contributed by atoms with van der Waals surface area (Å²) < 4.78 is 7.25. The highest BCUT2D eigenvalue weighted by atomic mass is 16.5. The standard InChI is InChI=1S/C16H22N4O2/c1-11-2-5-20-10-13(19-14(20)8-11)9-18-16(21)15(17)12-3-6-22-7-4-12/h2,5,8,10,12,15H,3-4,6-7,9,17H2,1H3,(H,18,21). The molecule has 0 aromatic carbocycles. The lowest BCUT2D eigenvalue weighted by molar-refractivity contribution is -0.124. The van der Waals surface area contributed by atoms with Crippen molar-refractivity contribution < 1.29 is 9.53 Å². The van der Waals surface area contributed by atoms with Gasteiger partial charge in [-0.25, -0.2) is 4.98 Å². The Balaban J connectivity index is 1.59. The summed E-state index contributed by atoms with van der Waals surface area (Å²) in [6.45, 7) is 3.81. The number of nitrogens with two attached hydrogens (primary N) is 1. The maximum Gasteiger partial charge on any atom is 0.237 e. The van der Waals surface area contributed by atoms with Gasteiger partial charge in [0.15, 0.2) is 0 Å². The Morgan fingerprint density at radius 3 is 3.09 bits per heavy atom. The van der Waals surface area contributed by atoms with Crippen LogP contribution in [0.3, 0.4) is 0 Å². The minimum Gasteiger partial charge on any atom is -0.381 e. The van der Waals surface area contributed by atoms with E-state index in [0.29, 0.717) is 19.8 Å². The van der Waals surface area contributed by atoms with Crippen molar-refractivity contribution >= 4 is 11.6 Å². The molecule has 1 atom stereocenters. The normalized spacial score (nSPS) is 17.5. The summed E-state index contributed by atoms with van der Waals surface area (Å²) in [5.41, 5.74) is 8.94. The summed E-state index contributed by atoms with van der Waals surface area (Å²) in [5, 5.41) is 2.89. The molecule has 0 saturated carbocycles. The maximum atomic E-state index is 12.2. The number of hydrogen-bond acceptors (Lipinski definition) is 4. The third-order valence-corrected chi connectivity index (χ3v) is 4.19. The Kier molecular flexibility index (Phi) is 4.40. The molecule has 0 radical (unpaired) electrons. The molecule has 0 spiro atoms. The van der Waals surface area contributed by atoms with E-state index in [4.69, 9.17) is 10.5 Å². The number of nitrogens with one attached hydrogen (secondary N) is 1. The van der Waals surface area contributed by atoms with E-state index in [9.17, 15) is 4.79 Å². The van der Waals surface area contributed by atoms with Gasteiger partial charge in [-0.1, -0.05) is 0 Å². The minimum atomic E-state index is -0.469. The van der Waals surface area contributed by atoms with Gasteiger partial charge in [0, 0.05) is 25.6 Å². The van der Waals surface area contributed by atoms with Crippen molar-refractivity contribution in [1.82, 2.24) is 14.7 Å². The zero-order valence-corrected chi connectivity index (χ0v) is 12.8. The molecule has 1 fully saturated rings. The van der Waals surface area contributed by atoms with Gasteiger partial charge in [-0.3, -0.25) is 4.79 Å². The Bertz CT molecular complexity index is 661. The number of fused-ring (bicyclic) bond motifs is 1. The fourth-order valence-corrected chi connectivity index (χ4v) is 2.81. The highest BCUT2D eigenvalue weighted by Gasteiger charge is 2.26. The molecule has 118 valence electrons. The number of nitrogens with zero attached hydrogens (tertiary/aromatic N) is 2. The quantitative estimate of drug-likeness (QED) is 0.883. The SMILES string of the molecule is Cc1ccn2cc(CNC(=O)C(N)C3CCOCC3)nc2c1. The molecule has 3 heterocycles. The number of rotatable bonds is 4. The maximum absolute atomic E-state index is 12.2. The van der Waals surface area contributed by atoms with Gasteiger partial charge >= 0.3 is 0 Å². The van der Waals surface area contributed by atoms with Gasteiger partial charge in [0.2, 0.25) is 5.91 Å². The van der Waals surface area contributed by atoms with Crippen molar-refractivity contribution in [2.75, 3.05) is 13.2 Å². The van der Waals surface area contributed by atoms with Gasteiger partial charge in [0.05, 0.1) is 18.3 Å². The van der Waals surface area contributed by atoms with Gasteiger partial charge in [0.25, 0.3) is 0 Å². The molecular formula is C16H22N4O2. The predicted octanol–water partition coefficient (Wildman–Crippen LogP) is 1.01. The minimum absolute atomic E-state index is 0.111. The molecule has 1 aliphatic rings. The number of ether oxygens (including phenoxy) is 1. The molecule has 2 aromatic rings. The number of carbonyl (C=O) groups excluding carboxylic acids is 1. The fraction of sp³-hybridized carbons (Fsp3) is 0.500. The van der Waals surface area contributed by atoms with Crippen LogP contribution < -0.4 is 11.1 Å². The van der Waals surface area contributed by atoms with E-state index in [1.807, 2.05) is 35.9 Å². The largest absolute Gasteiger partial charge is 0.381 e. The first-order chi connectivity index (χ1) is 10.6. The van der Waals surface area contributed by atoms with Crippen molar-refractivity contribution in [2.24, 2.45) is 11.7 Å². The summed E-state index contributed by atoms with van der Waals surface area (Å²) in [4.78, 5) is 16.7. The van der Waals surface area contributed by atoms with Crippen LogP contribution in [0.15, 0.2) is 24.5 Å². The second-order valence-electron chi connectivity index (χ2n) is 5.90. The molecule has 0 bridgehead atoms. The smallest absolute Gasteiger partial charge is 0.237 e. The van der Waals surface area contributed by atoms with Crippen molar-refractivity contribution in [3.63, 3.8) is 0 Å². The third kappa shape index (κ3) is 3.28. The first-order valence-electron chi connectivity index (χ1n) is 7.69. The van der Waals surface area contributed by atoms with E-state index in [0.717, 1.165) is 29.7 Å². The fourth-order valence-electron chi connectivity index (χ4n) is 2.81. The highest BCUT2D eigenvalue weighted by Crippen LogP contribution is 2.17. The van der Waals surface area contributed by atoms with Crippen molar-refractivity contribution in [3.05, 3.63) is 35.8 Å². The molecule has 1 aliphatic heterocycles. The van der Waals surface area contributed by atoms with Gasteiger partial charge in [-0.2, -0.15) is 0 Å². The van der Waals surface area contributed by atoms with Crippen LogP contribution in [-0.4, -0.2) is 34.5 Å². The van der Waals surface area contributed by atoms with E-state index in [2.05, 4.69) is 10.3 Å². The van der Waals surface area contributed by atoms with Crippen LogP contribution in [0, 0.1) is 12.8 Å². The molecule has 3 N–H and O–H groups in total. The number of pyridine rings is 1. The molecular weight excluding hydrogens is 280 g/mol. The van der Waals surface area contributed by atoms with Gasteiger partial charge < -0.3 is 20.2 Å². The van der Waals surface area contributed by atoms with Crippen molar-refractivity contribution in [1.29, 1.82) is 0 Å². The number of aromatic nitrogens is 2. The molecule has 6 heteroatoms. The average Bonchev–Trinajstić information content (AvgIpc) is 2.94. The second-order valence-corrected chi connectivity index (χ2v) is 5.90. The average molecular weight is 302 g/mol. The Morgan fingerprint density at radius 2 is 2.32 bits per heavy atom. The van der Waals surface area contributed by atoms with Gasteiger partial charge in [0.1, 0.15) is 5.65 Å². The van der Waals surface area contributed by atoms with Crippen LogP contribution in [-0.2, 0) is 16.1 Å². The van der Waals surface area contributed by atoms with E-state index in [-0.39, 0.29) is 11.8 Å². The highest BCUT2D eigenvalue weighted by molar-refractivity contribution is 5.81. The number of amides is 1. The number of imidazole rings is 1.